The van der Waals surface area contributed by atoms with Gasteiger partial charge in [0.1, 0.15) is 11.6 Å². The second-order valence-electron chi connectivity index (χ2n) is 8.11. The molecule has 4 rings (SSSR count). The summed E-state index contributed by atoms with van der Waals surface area (Å²) in [6.07, 6.45) is 4.87. The average molecular weight is 431 g/mol. The molecule has 1 aliphatic rings. The van der Waals surface area contributed by atoms with Gasteiger partial charge in [-0.05, 0) is 78.8 Å². The number of aromatic nitrogens is 1. The number of phenolic OH excluding ortho intramolecular Hbond substituents is 1. The summed E-state index contributed by atoms with van der Waals surface area (Å²) in [4.78, 5) is 29.0. The zero-order valence-electron chi connectivity index (χ0n) is 17.7. The molecule has 32 heavy (non-hydrogen) atoms. The Morgan fingerprint density at radius 2 is 1.81 bits per heavy atom. The maximum Gasteiger partial charge on any atom is 0.254 e. The molecule has 1 atom stereocenters. The van der Waals surface area contributed by atoms with Gasteiger partial charge in [0.25, 0.3) is 5.91 Å². The van der Waals surface area contributed by atoms with Crippen LogP contribution in [0.15, 0.2) is 65.6 Å². The Hall–Kier alpha value is -3.87. The number of nitrogen functional groups attached to an aromatic ring is 1. The molecule has 164 valence electrons. The van der Waals surface area contributed by atoms with Gasteiger partial charge in [0.05, 0.1) is 0 Å². The first-order chi connectivity index (χ1) is 15.4. The summed E-state index contributed by atoms with van der Waals surface area (Å²) in [5.41, 5.74) is 9.18. The molecule has 0 saturated carbocycles. The summed E-state index contributed by atoms with van der Waals surface area (Å²) in [5, 5.41) is 17.8. The van der Waals surface area contributed by atoms with Gasteiger partial charge in [-0.25, -0.2) is 0 Å². The maximum atomic E-state index is 13.2. The molecule has 0 aliphatic carbocycles. The molecule has 1 amide bonds. The lowest BCUT2D eigenvalue weighted by Crippen LogP contribution is -2.35. The molecular weight excluding hydrogens is 404 g/mol. The van der Waals surface area contributed by atoms with E-state index in [1.165, 1.54) is 6.07 Å². The number of H-pyrrole nitrogens is 1. The zero-order chi connectivity index (χ0) is 22.7. The SMILES string of the molecule is N=C(N)c1ccc(O)c(CCC2CCCN2C(=O)c2ccc(-c3ccc(=O)[nH]c3)cc2)c1. The number of aromatic amines is 1. The molecule has 7 heteroatoms. The molecule has 1 aliphatic heterocycles. The second kappa shape index (κ2) is 9.09. The van der Waals surface area contributed by atoms with Crippen molar-refractivity contribution < 1.29 is 9.90 Å². The predicted octanol–water partition coefficient (Wildman–Crippen LogP) is 3.27. The smallest absolute Gasteiger partial charge is 0.254 e. The van der Waals surface area contributed by atoms with E-state index in [9.17, 15) is 14.7 Å². The average Bonchev–Trinajstić information content (AvgIpc) is 3.27. The number of aromatic hydroxyl groups is 1. The monoisotopic (exact) mass is 430 g/mol. The van der Waals surface area contributed by atoms with Gasteiger partial charge < -0.3 is 20.7 Å². The Balaban J connectivity index is 1.44. The fourth-order valence-corrected chi connectivity index (χ4v) is 4.24. The minimum atomic E-state index is -0.151. The molecule has 0 spiro atoms. The van der Waals surface area contributed by atoms with Crippen molar-refractivity contribution in [2.75, 3.05) is 6.54 Å². The fraction of sp³-hybridized carbons (Fsp3) is 0.240. The van der Waals surface area contributed by atoms with E-state index >= 15 is 0 Å². The topological polar surface area (TPSA) is 123 Å². The standard InChI is InChI=1S/C25H26N4O3/c26-24(27)19-8-11-22(30)18(14-19)7-10-21-2-1-13-29(21)25(32)17-5-3-16(4-6-17)20-9-12-23(31)28-15-20/h3-6,8-9,11-12,14-15,21,30H,1-2,7,10,13H2,(H3,26,27)(H,28,31). The van der Waals surface area contributed by atoms with E-state index in [4.69, 9.17) is 11.1 Å². The number of phenols is 1. The molecule has 1 saturated heterocycles. The molecule has 5 N–H and O–H groups in total. The number of benzene rings is 2. The molecular formula is C25H26N4O3. The highest BCUT2D eigenvalue weighted by Gasteiger charge is 2.29. The van der Waals surface area contributed by atoms with Crippen molar-refractivity contribution in [3.63, 3.8) is 0 Å². The zero-order valence-corrected chi connectivity index (χ0v) is 17.7. The van der Waals surface area contributed by atoms with E-state index in [2.05, 4.69) is 4.98 Å². The third-order valence-electron chi connectivity index (χ3n) is 6.02. The molecule has 1 aromatic heterocycles. The fourth-order valence-electron chi connectivity index (χ4n) is 4.24. The van der Waals surface area contributed by atoms with E-state index in [-0.39, 0.29) is 29.1 Å². The van der Waals surface area contributed by atoms with Gasteiger partial charge in [-0.2, -0.15) is 0 Å². The van der Waals surface area contributed by atoms with Gasteiger partial charge >= 0.3 is 0 Å². The van der Waals surface area contributed by atoms with E-state index < -0.39 is 0 Å². The number of nitrogens with one attached hydrogen (secondary N) is 2. The Morgan fingerprint density at radius 3 is 2.50 bits per heavy atom. The molecule has 2 aromatic carbocycles. The highest BCUT2D eigenvalue weighted by Crippen LogP contribution is 2.27. The van der Waals surface area contributed by atoms with Crippen molar-refractivity contribution >= 4 is 11.7 Å². The lowest BCUT2D eigenvalue weighted by Gasteiger charge is -2.25. The normalized spacial score (nSPS) is 15.6. The van der Waals surface area contributed by atoms with Gasteiger partial charge in [0.2, 0.25) is 5.56 Å². The third kappa shape index (κ3) is 4.56. The van der Waals surface area contributed by atoms with Gasteiger partial charge in [-0.1, -0.05) is 12.1 Å². The number of hydrogen-bond acceptors (Lipinski definition) is 4. The number of carbonyl (C=O) groups excluding carboxylic acids is 1. The maximum absolute atomic E-state index is 13.2. The number of hydrogen-bond donors (Lipinski definition) is 4. The Bertz CT molecular complexity index is 1180. The molecule has 3 aromatic rings. The minimum Gasteiger partial charge on any atom is -0.508 e. The number of amides is 1. The summed E-state index contributed by atoms with van der Waals surface area (Å²) in [5.74, 6) is 0.153. The summed E-state index contributed by atoms with van der Waals surface area (Å²) in [7, 11) is 0. The van der Waals surface area contributed by atoms with E-state index in [0.717, 1.165) is 36.0 Å². The number of nitrogens with zero attached hydrogens (tertiary/aromatic N) is 1. The largest absolute Gasteiger partial charge is 0.508 e. The van der Waals surface area contributed by atoms with E-state index in [1.807, 2.05) is 29.2 Å². The molecule has 0 radical (unpaired) electrons. The molecule has 1 fully saturated rings. The molecule has 0 bridgehead atoms. The summed E-state index contributed by atoms with van der Waals surface area (Å²) in [6, 6.07) is 15.7. The van der Waals surface area contributed by atoms with Crippen molar-refractivity contribution in [1.29, 1.82) is 5.41 Å². The number of pyridine rings is 1. The first-order valence-corrected chi connectivity index (χ1v) is 10.7. The molecule has 1 unspecified atom stereocenters. The number of rotatable bonds is 6. The van der Waals surface area contributed by atoms with Crippen molar-refractivity contribution in [2.45, 2.75) is 31.7 Å². The third-order valence-corrected chi connectivity index (χ3v) is 6.02. The Kier molecular flexibility index (Phi) is 6.07. The van der Waals surface area contributed by atoms with Crippen LogP contribution in [0, 0.1) is 5.41 Å². The lowest BCUT2D eigenvalue weighted by atomic mass is 10.00. The van der Waals surface area contributed by atoms with E-state index in [1.54, 1.807) is 30.5 Å². The van der Waals surface area contributed by atoms with Gasteiger partial charge in [0, 0.05) is 36.0 Å². The van der Waals surface area contributed by atoms with Crippen LogP contribution >= 0.6 is 0 Å². The number of carbonyl (C=O) groups is 1. The van der Waals surface area contributed by atoms with Crippen LogP contribution in [0.2, 0.25) is 0 Å². The van der Waals surface area contributed by atoms with Gasteiger partial charge in [0.15, 0.2) is 0 Å². The quantitative estimate of drug-likeness (QED) is 0.354. The second-order valence-corrected chi connectivity index (χ2v) is 8.11. The van der Waals surface area contributed by atoms with Crippen LogP contribution in [-0.4, -0.2) is 39.3 Å². The number of aryl methyl sites for hydroxylation is 1. The van der Waals surface area contributed by atoms with Crippen molar-refractivity contribution in [2.24, 2.45) is 5.73 Å². The first-order valence-electron chi connectivity index (χ1n) is 10.7. The number of nitrogens with two attached hydrogens (primary N) is 1. The number of likely N-dealkylation sites (tertiary alicyclic amines) is 1. The van der Waals surface area contributed by atoms with Crippen molar-refractivity contribution in [3.8, 4) is 16.9 Å². The summed E-state index contributed by atoms with van der Waals surface area (Å²) < 4.78 is 0. The first kappa shape index (κ1) is 21.4. The lowest BCUT2D eigenvalue weighted by molar-refractivity contribution is 0.0730. The van der Waals surface area contributed by atoms with Gasteiger partial charge in [-0.3, -0.25) is 15.0 Å². The van der Waals surface area contributed by atoms with Crippen LogP contribution in [0.1, 0.15) is 40.7 Å². The highest BCUT2D eigenvalue weighted by atomic mass is 16.3. The van der Waals surface area contributed by atoms with Gasteiger partial charge in [-0.15, -0.1) is 0 Å². The Labute approximate surface area is 186 Å². The molecule has 7 nitrogen and oxygen atoms in total. The van der Waals surface area contributed by atoms with E-state index in [0.29, 0.717) is 24.1 Å². The number of amidine groups is 1. The highest BCUT2D eigenvalue weighted by molar-refractivity contribution is 5.95. The van der Waals surface area contributed by atoms with Crippen LogP contribution in [-0.2, 0) is 6.42 Å². The van der Waals surface area contributed by atoms with Crippen LogP contribution in [0.5, 0.6) is 5.75 Å². The van der Waals surface area contributed by atoms with Crippen molar-refractivity contribution in [3.05, 3.63) is 87.8 Å². The van der Waals surface area contributed by atoms with Crippen LogP contribution in [0.25, 0.3) is 11.1 Å². The van der Waals surface area contributed by atoms with Crippen molar-refractivity contribution in [1.82, 2.24) is 9.88 Å². The minimum absolute atomic E-state index is 0.00206. The summed E-state index contributed by atoms with van der Waals surface area (Å²) >= 11 is 0. The van der Waals surface area contributed by atoms with Crippen LogP contribution in [0.3, 0.4) is 0 Å². The van der Waals surface area contributed by atoms with Crippen LogP contribution in [0.4, 0.5) is 0 Å². The Morgan fingerprint density at radius 1 is 1.09 bits per heavy atom. The predicted molar refractivity (Wildman–Crippen MR) is 124 cm³/mol. The van der Waals surface area contributed by atoms with Crippen LogP contribution < -0.4 is 11.3 Å². The summed E-state index contributed by atoms with van der Waals surface area (Å²) in [6.45, 7) is 0.713. The molecule has 2 heterocycles.